The Morgan fingerprint density at radius 3 is 2.58 bits per heavy atom. The van der Waals surface area contributed by atoms with Gasteiger partial charge in [-0.2, -0.15) is 0 Å². The van der Waals surface area contributed by atoms with E-state index in [0.717, 1.165) is 12.4 Å². The lowest BCUT2D eigenvalue weighted by Crippen LogP contribution is -2.34. The molecular formula is C16H29N3. The summed E-state index contributed by atoms with van der Waals surface area (Å²) in [5.41, 5.74) is 1.29. The number of hydrogen-bond donors (Lipinski definition) is 1. The smallest absolute Gasteiger partial charge is 0.133 e. The van der Waals surface area contributed by atoms with Crippen molar-refractivity contribution < 1.29 is 0 Å². The van der Waals surface area contributed by atoms with Crippen LogP contribution in [0.2, 0.25) is 0 Å². The first-order chi connectivity index (χ1) is 9.11. The van der Waals surface area contributed by atoms with E-state index in [4.69, 9.17) is 0 Å². The lowest BCUT2D eigenvalue weighted by Gasteiger charge is -2.31. The Bertz CT molecular complexity index is 363. The fraction of sp³-hybridized carbons (Fsp3) is 0.688. The fourth-order valence-corrected chi connectivity index (χ4v) is 2.28. The van der Waals surface area contributed by atoms with E-state index in [0.29, 0.717) is 12.1 Å². The van der Waals surface area contributed by atoms with Gasteiger partial charge >= 0.3 is 0 Å². The molecule has 0 fully saturated rings. The topological polar surface area (TPSA) is 28.2 Å². The van der Waals surface area contributed by atoms with Gasteiger partial charge in [-0.05, 0) is 40.3 Å². The molecule has 0 saturated carbocycles. The van der Waals surface area contributed by atoms with Gasteiger partial charge in [0.25, 0.3) is 0 Å². The number of anilines is 1. The van der Waals surface area contributed by atoms with Gasteiger partial charge in [0, 0.05) is 30.4 Å². The van der Waals surface area contributed by atoms with Crippen molar-refractivity contribution in [2.75, 3.05) is 18.5 Å². The molecule has 0 saturated heterocycles. The van der Waals surface area contributed by atoms with E-state index in [1.54, 1.807) is 0 Å². The van der Waals surface area contributed by atoms with Gasteiger partial charge in [0.2, 0.25) is 0 Å². The molecule has 1 N–H and O–H groups in total. The highest BCUT2D eigenvalue weighted by atomic mass is 15.2. The summed E-state index contributed by atoms with van der Waals surface area (Å²) in [6.07, 6.45) is 5.68. The Labute approximate surface area is 118 Å². The van der Waals surface area contributed by atoms with Crippen LogP contribution < -0.4 is 10.2 Å². The lowest BCUT2D eigenvalue weighted by molar-refractivity contribution is 0.600. The summed E-state index contributed by atoms with van der Waals surface area (Å²) < 4.78 is 0. The molecule has 0 bridgehead atoms. The third kappa shape index (κ3) is 4.50. The summed E-state index contributed by atoms with van der Waals surface area (Å²) in [7, 11) is 2.00. The van der Waals surface area contributed by atoms with Gasteiger partial charge in [0.05, 0.1) is 0 Å². The van der Waals surface area contributed by atoms with Gasteiger partial charge < -0.3 is 10.2 Å². The van der Waals surface area contributed by atoms with Crippen LogP contribution in [0.3, 0.4) is 0 Å². The van der Waals surface area contributed by atoms with Crippen LogP contribution in [-0.4, -0.2) is 24.6 Å². The second kappa shape index (κ2) is 8.16. The summed E-state index contributed by atoms with van der Waals surface area (Å²) in [4.78, 5) is 7.06. The van der Waals surface area contributed by atoms with Crippen molar-refractivity contribution in [1.82, 2.24) is 10.3 Å². The predicted molar refractivity (Wildman–Crippen MR) is 83.7 cm³/mol. The Morgan fingerprint density at radius 1 is 1.26 bits per heavy atom. The highest BCUT2D eigenvalue weighted by molar-refractivity contribution is 5.49. The molecule has 0 aliphatic carbocycles. The van der Waals surface area contributed by atoms with Gasteiger partial charge in [0.15, 0.2) is 0 Å². The van der Waals surface area contributed by atoms with E-state index in [2.05, 4.69) is 49.0 Å². The van der Waals surface area contributed by atoms with Crippen LogP contribution in [0, 0.1) is 0 Å². The molecule has 19 heavy (non-hydrogen) atoms. The Morgan fingerprint density at radius 2 is 2.00 bits per heavy atom. The molecule has 1 unspecified atom stereocenters. The van der Waals surface area contributed by atoms with Crippen LogP contribution in [0.25, 0.3) is 0 Å². The van der Waals surface area contributed by atoms with Gasteiger partial charge in [0.1, 0.15) is 5.82 Å². The number of nitrogens with zero attached hydrogens (tertiary/aromatic N) is 2. The monoisotopic (exact) mass is 263 g/mol. The molecule has 0 aromatic carbocycles. The van der Waals surface area contributed by atoms with Crippen LogP contribution in [0.1, 0.15) is 58.6 Å². The first-order valence-corrected chi connectivity index (χ1v) is 7.50. The maximum atomic E-state index is 4.63. The molecule has 3 heteroatoms. The third-order valence-corrected chi connectivity index (χ3v) is 3.61. The van der Waals surface area contributed by atoms with Crippen LogP contribution in [0.15, 0.2) is 18.3 Å². The highest BCUT2D eigenvalue weighted by Crippen LogP contribution is 2.25. The molecule has 3 nitrogen and oxygen atoms in total. The van der Waals surface area contributed by atoms with Crippen molar-refractivity contribution in [3.05, 3.63) is 23.9 Å². The lowest BCUT2D eigenvalue weighted by atomic mass is 10.1. The van der Waals surface area contributed by atoms with E-state index in [1.165, 1.54) is 24.8 Å². The zero-order chi connectivity index (χ0) is 14.3. The van der Waals surface area contributed by atoms with Crippen molar-refractivity contribution >= 4 is 5.82 Å². The molecule has 0 spiro atoms. The van der Waals surface area contributed by atoms with Crippen molar-refractivity contribution in [1.29, 1.82) is 0 Å². The second-order valence-electron chi connectivity index (χ2n) is 5.42. The SMILES string of the molecule is CCCCCN(c1ncccc1C(C)NC)C(C)C. The van der Waals surface area contributed by atoms with E-state index >= 15 is 0 Å². The van der Waals surface area contributed by atoms with Crippen molar-refractivity contribution in [2.24, 2.45) is 0 Å². The molecular weight excluding hydrogens is 234 g/mol. The largest absolute Gasteiger partial charge is 0.354 e. The van der Waals surface area contributed by atoms with Crippen LogP contribution >= 0.6 is 0 Å². The Kier molecular flexibility index (Phi) is 6.85. The zero-order valence-corrected chi connectivity index (χ0v) is 13.1. The van der Waals surface area contributed by atoms with Gasteiger partial charge in [-0.1, -0.05) is 25.8 Å². The first kappa shape index (κ1) is 16.0. The first-order valence-electron chi connectivity index (χ1n) is 7.50. The van der Waals surface area contributed by atoms with E-state index in [-0.39, 0.29) is 0 Å². The van der Waals surface area contributed by atoms with E-state index in [1.807, 2.05) is 19.3 Å². The molecule has 1 heterocycles. The zero-order valence-electron chi connectivity index (χ0n) is 13.1. The quantitative estimate of drug-likeness (QED) is 0.724. The number of hydrogen-bond acceptors (Lipinski definition) is 3. The third-order valence-electron chi connectivity index (χ3n) is 3.61. The highest BCUT2D eigenvalue weighted by Gasteiger charge is 2.17. The van der Waals surface area contributed by atoms with E-state index < -0.39 is 0 Å². The molecule has 1 rings (SSSR count). The minimum Gasteiger partial charge on any atom is -0.354 e. The average molecular weight is 263 g/mol. The standard InChI is InChI=1S/C16H29N3/c1-6-7-8-12-19(13(2)3)16-15(14(4)17-5)10-9-11-18-16/h9-11,13-14,17H,6-8,12H2,1-5H3. The predicted octanol–water partition coefficient (Wildman–Crippen LogP) is 3.77. The van der Waals surface area contributed by atoms with Crippen molar-refractivity contribution in [3.8, 4) is 0 Å². The van der Waals surface area contributed by atoms with Gasteiger partial charge in [-0.25, -0.2) is 4.98 Å². The Hall–Kier alpha value is -1.09. The van der Waals surface area contributed by atoms with Crippen molar-refractivity contribution in [2.45, 2.75) is 59.0 Å². The number of unbranched alkanes of at least 4 members (excludes halogenated alkanes) is 2. The molecule has 0 aliphatic heterocycles. The number of pyridine rings is 1. The summed E-state index contributed by atoms with van der Waals surface area (Å²) in [6.45, 7) is 10.0. The molecule has 1 atom stereocenters. The van der Waals surface area contributed by atoms with Crippen molar-refractivity contribution in [3.63, 3.8) is 0 Å². The summed E-state index contributed by atoms with van der Waals surface area (Å²) in [5, 5.41) is 3.32. The summed E-state index contributed by atoms with van der Waals surface area (Å²) >= 11 is 0. The normalized spacial score (nSPS) is 12.7. The fourth-order valence-electron chi connectivity index (χ4n) is 2.28. The minimum atomic E-state index is 0.330. The minimum absolute atomic E-state index is 0.330. The molecule has 0 amide bonds. The maximum Gasteiger partial charge on any atom is 0.133 e. The number of aromatic nitrogens is 1. The summed E-state index contributed by atoms with van der Waals surface area (Å²) in [6, 6.07) is 5.02. The summed E-state index contributed by atoms with van der Waals surface area (Å²) in [5.74, 6) is 1.13. The van der Waals surface area contributed by atoms with E-state index in [9.17, 15) is 0 Å². The Balaban J connectivity index is 2.95. The van der Waals surface area contributed by atoms with Gasteiger partial charge in [-0.15, -0.1) is 0 Å². The molecule has 0 aliphatic rings. The second-order valence-corrected chi connectivity index (χ2v) is 5.42. The molecule has 0 radical (unpaired) electrons. The molecule has 108 valence electrons. The van der Waals surface area contributed by atoms with Crippen LogP contribution in [-0.2, 0) is 0 Å². The molecule has 1 aromatic heterocycles. The average Bonchev–Trinajstić information content (AvgIpc) is 2.42. The number of rotatable bonds is 8. The van der Waals surface area contributed by atoms with Crippen LogP contribution in [0.5, 0.6) is 0 Å². The van der Waals surface area contributed by atoms with Gasteiger partial charge in [-0.3, -0.25) is 0 Å². The van der Waals surface area contributed by atoms with Crippen LogP contribution in [0.4, 0.5) is 5.82 Å². The maximum absolute atomic E-state index is 4.63. The number of nitrogens with one attached hydrogen (secondary N) is 1. The molecule has 1 aromatic rings.